The lowest BCUT2D eigenvalue weighted by molar-refractivity contribution is -0.384. The molecule has 2 rings (SSSR count). The van der Waals surface area contributed by atoms with Gasteiger partial charge in [-0.2, -0.15) is 5.11 Å². The number of nitrogens with zero attached hydrogens (tertiary/aromatic N) is 3. The molecule has 0 spiro atoms. The van der Waals surface area contributed by atoms with Crippen LogP contribution < -0.4 is 0 Å². The third-order valence-electron chi connectivity index (χ3n) is 3.18. The number of carbonyl (C=O) groups is 1. The van der Waals surface area contributed by atoms with E-state index in [4.69, 9.17) is 9.47 Å². The Morgan fingerprint density at radius 3 is 2.33 bits per heavy atom. The third kappa shape index (κ3) is 3.72. The third-order valence-corrected chi connectivity index (χ3v) is 3.18. The SMILES string of the molecule is COC1=CC(=CN=Nc2ccc(C)cc2[N+](=O)[O-])C=C(OC)C1=O. The van der Waals surface area contributed by atoms with Gasteiger partial charge in [-0.05, 0) is 30.7 Å². The van der Waals surface area contributed by atoms with Gasteiger partial charge in [-0.25, -0.2) is 0 Å². The van der Waals surface area contributed by atoms with Gasteiger partial charge in [-0.15, -0.1) is 5.11 Å². The van der Waals surface area contributed by atoms with Gasteiger partial charge in [-0.3, -0.25) is 14.9 Å². The average Bonchev–Trinajstić information content (AvgIpc) is 2.57. The van der Waals surface area contributed by atoms with E-state index >= 15 is 0 Å². The minimum absolute atomic E-state index is 0.108. The number of azo groups is 1. The van der Waals surface area contributed by atoms with Crippen LogP contribution in [0.2, 0.25) is 0 Å². The maximum atomic E-state index is 11.8. The summed E-state index contributed by atoms with van der Waals surface area (Å²) in [6, 6.07) is 4.65. The van der Waals surface area contributed by atoms with E-state index in [1.807, 2.05) is 0 Å². The maximum absolute atomic E-state index is 11.8. The Balaban J connectivity index is 2.32. The standard InChI is InChI=1S/C16H15N3O5/c1-10-4-5-12(13(6-10)19(21)22)18-17-9-11-7-14(23-2)16(20)15(8-11)24-3/h4-9H,1-3H3. The zero-order valence-corrected chi connectivity index (χ0v) is 13.3. The summed E-state index contributed by atoms with van der Waals surface area (Å²) in [5, 5.41) is 18.8. The fraction of sp³-hybridized carbons (Fsp3) is 0.188. The van der Waals surface area contributed by atoms with Crippen LogP contribution in [0.1, 0.15) is 5.56 Å². The summed E-state index contributed by atoms with van der Waals surface area (Å²) in [5.74, 6) is -0.155. The number of hydrogen-bond acceptors (Lipinski definition) is 7. The van der Waals surface area contributed by atoms with Gasteiger partial charge < -0.3 is 9.47 Å². The number of nitro groups is 1. The van der Waals surface area contributed by atoms with Crippen molar-refractivity contribution in [3.8, 4) is 0 Å². The molecule has 1 aromatic carbocycles. The van der Waals surface area contributed by atoms with Crippen LogP contribution in [0.4, 0.5) is 11.4 Å². The molecule has 0 atom stereocenters. The Morgan fingerprint density at radius 1 is 1.17 bits per heavy atom. The smallest absolute Gasteiger partial charge is 0.296 e. The number of hydrogen-bond donors (Lipinski definition) is 0. The van der Waals surface area contributed by atoms with Gasteiger partial charge in [0.2, 0.25) is 0 Å². The van der Waals surface area contributed by atoms with Crippen molar-refractivity contribution < 1.29 is 19.2 Å². The molecule has 1 aliphatic carbocycles. The monoisotopic (exact) mass is 329 g/mol. The number of allylic oxidation sites excluding steroid dienone is 3. The summed E-state index contributed by atoms with van der Waals surface area (Å²) in [6.45, 7) is 1.75. The van der Waals surface area contributed by atoms with Gasteiger partial charge in [0.25, 0.3) is 11.5 Å². The fourth-order valence-corrected chi connectivity index (χ4v) is 2.00. The Bertz CT molecular complexity index is 780. The van der Waals surface area contributed by atoms with Crippen LogP contribution >= 0.6 is 0 Å². The fourth-order valence-electron chi connectivity index (χ4n) is 2.00. The van der Waals surface area contributed by atoms with Crippen LogP contribution in [0.25, 0.3) is 0 Å². The maximum Gasteiger partial charge on any atom is 0.296 e. The van der Waals surface area contributed by atoms with E-state index < -0.39 is 4.92 Å². The average molecular weight is 329 g/mol. The summed E-state index contributed by atoms with van der Waals surface area (Å²) < 4.78 is 9.96. The minimum Gasteiger partial charge on any atom is -0.492 e. The highest BCUT2D eigenvalue weighted by molar-refractivity contribution is 6.07. The second-order valence-electron chi connectivity index (χ2n) is 4.85. The van der Waals surface area contributed by atoms with E-state index in [2.05, 4.69) is 10.2 Å². The first-order chi connectivity index (χ1) is 11.5. The van der Waals surface area contributed by atoms with E-state index in [1.54, 1.807) is 13.0 Å². The van der Waals surface area contributed by atoms with E-state index in [0.29, 0.717) is 5.57 Å². The Kier molecular flexibility index (Phi) is 5.20. The molecule has 8 nitrogen and oxygen atoms in total. The molecule has 0 radical (unpaired) electrons. The molecule has 0 bridgehead atoms. The van der Waals surface area contributed by atoms with Gasteiger partial charge in [0.15, 0.2) is 17.2 Å². The minimum atomic E-state index is -0.514. The van der Waals surface area contributed by atoms with Crippen molar-refractivity contribution >= 4 is 17.2 Å². The lowest BCUT2D eigenvalue weighted by atomic mass is 10.1. The molecule has 1 aromatic rings. The number of rotatable bonds is 5. The predicted molar refractivity (Wildman–Crippen MR) is 85.6 cm³/mol. The molecular formula is C16H15N3O5. The summed E-state index contributed by atoms with van der Waals surface area (Å²) in [7, 11) is 2.74. The number of benzene rings is 1. The van der Waals surface area contributed by atoms with Crippen molar-refractivity contribution in [2.24, 2.45) is 10.2 Å². The summed E-state index contributed by atoms with van der Waals surface area (Å²) in [5.41, 5.74) is 1.28. The molecule has 1 aliphatic rings. The molecule has 0 amide bonds. The van der Waals surface area contributed by atoms with E-state index in [1.165, 1.54) is 44.7 Å². The zero-order valence-electron chi connectivity index (χ0n) is 13.3. The van der Waals surface area contributed by atoms with Crippen molar-refractivity contribution in [1.29, 1.82) is 0 Å². The van der Waals surface area contributed by atoms with E-state index in [0.717, 1.165) is 5.56 Å². The first kappa shape index (κ1) is 17.1. The molecule has 0 N–H and O–H groups in total. The highest BCUT2D eigenvalue weighted by Crippen LogP contribution is 2.28. The van der Waals surface area contributed by atoms with Crippen LogP contribution in [-0.4, -0.2) is 24.9 Å². The quantitative estimate of drug-likeness (QED) is 0.467. The lowest BCUT2D eigenvalue weighted by Crippen LogP contribution is -2.13. The second-order valence-corrected chi connectivity index (χ2v) is 4.85. The zero-order chi connectivity index (χ0) is 17.7. The Hall–Kier alpha value is -3.29. The highest BCUT2D eigenvalue weighted by Gasteiger charge is 2.21. The second kappa shape index (κ2) is 7.32. The van der Waals surface area contributed by atoms with Crippen molar-refractivity contribution in [1.82, 2.24) is 0 Å². The number of carbonyl (C=O) groups excluding carboxylic acids is 1. The molecule has 124 valence electrons. The van der Waals surface area contributed by atoms with Gasteiger partial charge in [0.1, 0.15) is 0 Å². The molecule has 24 heavy (non-hydrogen) atoms. The molecule has 0 aromatic heterocycles. The number of ketones is 1. The Morgan fingerprint density at radius 2 is 1.79 bits per heavy atom. The highest BCUT2D eigenvalue weighted by atomic mass is 16.6. The molecule has 0 aliphatic heterocycles. The van der Waals surface area contributed by atoms with Crippen LogP contribution in [-0.2, 0) is 14.3 Å². The van der Waals surface area contributed by atoms with Gasteiger partial charge in [0, 0.05) is 11.6 Å². The number of aryl methyl sites for hydroxylation is 1. The van der Waals surface area contributed by atoms with Crippen molar-refractivity contribution in [3.63, 3.8) is 0 Å². The first-order valence-electron chi connectivity index (χ1n) is 6.88. The first-order valence-corrected chi connectivity index (χ1v) is 6.88. The van der Waals surface area contributed by atoms with E-state index in [-0.39, 0.29) is 28.7 Å². The van der Waals surface area contributed by atoms with Crippen molar-refractivity contribution in [3.05, 3.63) is 69.3 Å². The molecule has 0 heterocycles. The number of methoxy groups -OCH3 is 2. The number of ether oxygens (including phenoxy) is 2. The molecule has 8 heteroatoms. The van der Waals surface area contributed by atoms with E-state index in [9.17, 15) is 14.9 Å². The van der Waals surface area contributed by atoms with Crippen molar-refractivity contribution in [2.45, 2.75) is 6.92 Å². The van der Waals surface area contributed by atoms with Crippen LogP contribution in [0.5, 0.6) is 0 Å². The van der Waals surface area contributed by atoms with Gasteiger partial charge >= 0.3 is 0 Å². The number of nitro benzene ring substituents is 1. The predicted octanol–water partition coefficient (Wildman–Crippen LogP) is 3.51. The van der Waals surface area contributed by atoms with Gasteiger partial charge in [-0.1, -0.05) is 6.07 Å². The molecule has 0 fully saturated rings. The molecule has 0 unspecified atom stereocenters. The van der Waals surface area contributed by atoms with Crippen LogP contribution in [0, 0.1) is 17.0 Å². The molecular weight excluding hydrogens is 314 g/mol. The largest absolute Gasteiger partial charge is 0.492 e. The topological polar surface area (TPSA) is 103 Å². The summed E-state index contributed by atoms with van der Waals surface area (Å²) >= 11 is 0. The molecule has 0 saturated heterocycles. The van der Waals surface area contributed by atoms with Gasteiger partial charge in [0.05, 0.1) is 25.3 Å². The van der Waals surface area contributed by atoms with Crippen LogP contribution in [0.15, 0.2) is 63.9 Å². The van der Waals surface area contributed by atoms with Crippen LogP contribution in [0.3, 0.4) is 0 Å². The van der Waals surface area contributed by atoms with Crippen molar-refractivity contribution in [2.75, 3.05) is 14.2 Å². The normalized spacial score (nSPS) is 14.3. The summed E-state index contributed by atoms with van der Waals surface area (Å²) in [6.07, 6.45) is 4.31. The molecule has 0 saturated carbocycles. The summed E-state index contributed by atoms with van der Waals surface area (Å²) in [4.78, 5) is 22.4. The lowest BCUT2D eigenvalue weighted by Gasteiger charge is -2.12. The number of Topliss-reactive ketones (excluding diaryl/α,β-unsaturated/α-hetero) is 1. The Labute approximate surface area is 137 Å².